The quantitative estimate of drug-likeness (QED) is 0.852. The average Bonchev–Trinajstić information content (AvgIpc) is 2.54. The summed E-state index contributed by atoms with van der Waals surface area (Å²) >= 11 is 3.45. The minimum absolute atomic E-state index is 0.185. The van der Waals surface area contributed by atoms with Crippen LogP contribution in [0.4, 0.5) is 5.69 Å². The fourth-order valence-corrected chi connectivity index (χ4v) is 2.53. The van der Waals surface area contributed by atoms with Crippen molar-refractivity contribution in [2.45, 2.75) is 25.3 Å². The molecule has 1 aliphatic heterocycles. The molecule has 2 N–H and O–H groups in total. The van der Waals surface area contributed by atoms with Crippen molar-refractivity contribution < 1.29 is 5.11 Å². The van der Waals surface area contributed by atoms with Gasteiger partial charge in [-0.1, -0.05) is 28.9 Å². The van der Waals surface area contributed by atoms with E-state index in [9.17, 15) is 5.11 Å². The van der Waals surface area contributed by atoms with Gasteiger partial charge in [0.2, 0.25) is 0 Å². The highest BCUT2D eigenvalue weighted by Gasteiger charge is 2.29. The molecule has 76 valence electrons. The maximum atomic E-state index is 9.23. The van der Waals surface area contributed by atoms with Crippen LogP contribution in [0.1, 0.15) is 24.8 Å². The molecule has 0 saturated carbocycles. The molecule has 0 fully saturated rings. The maximum absolute atomic E-state index is 9.23. The summed E-state index contributed by atoms with van der Waals surface area (Å²) in [5.74, 6) is 0.447. The van der Waals surface area contributed by atoms with Crippen molar-refractivity contribution in [3.05, 3.63) is 28.2 Å². The Morgan fingerprint density at radius 2 is 2.29 bits per heavy atom. The first-order valence-electron chi connectivity index (χ1n) is 4.93. The van der Waals surface area contributed by atoms with Gasteiger partial charge >= 0.3 is 0 Å². The molecule has 2 nitrogen and oxygen atoms in total. The number of nitrogens with one attached hydrogen (secondary N) is 1. The fraction of sp³-hybridized carbons (Fsp3) is 0.455. The van der Waals surface area contributed by atoms with E-state index >= 15 is 0 Å². The number of aliphatic hydroxyl groups is 1. The van der Waals surface area contributed by atoms with Crippen LogP contribution in [0.3, 0.4) is 0 Å². The molecule has 0 spiro atoms. The minimum Gasteiger partial charge on any atom is -0.394 e. The van der Waals surface area contributed by atoms with Gasteiger partial charge in [-0.15, -0.1) is 0 Å². The molecule has 0 radical (unpaired) electrons. The Labute approximate surface area is 92.5 Å². The second kappa shape index (κ2) is 3.91. The number of aliphatic hydroxyl groups excluding tert-OH is 1. The Bertz CT molecular complexity index is 340. The van der Waals surface area contributed by atoms with Gasteiger partial charge < -0.3 is 10.4 Å². The summed E-state index contributed by atoms with van der Waals surface area (Å²) < 4.78 is 1.08. The van der Waals surface area contributed by atoms with Crippen LogP contribution in [0, 0.1) is 0 Å². The number of hydrogen-bond donors (Lipinski definition) is 2. The molecule has 0 aromatic heterocycles. The van der Waals surface area contributed by atoms with Crippen LogP contribution < -0.4 is 5.32 Å². The largest absolute Gasteiger partial charge is 0.394 e. The second-order valence-electron chi connectivity index (χ2n) is 3.68. The first kappa shape index (κ1) is 9.99. The van der Waals surface area contributed by atoms with Crippen LogP contribution in [-0.4, -0.2) is 17.8 Å². The first-order valence-corrected chi connectivity index (χ1v) is 5.72. The second-order valence-corrected chi connectivity index (χ2v) is 4.60. The number of benzene rings is 1. The molecule has 0 saturated heterocycles. The van der Waals surface area contributed by atoms with Crippen LogP contribution in [0.2, 0.25) is 0 Å². The van der Waals surface area contributed by atoms with E-state index in [0.717, 1.165) is 16.6 Å². The topological polar surface area (TPSA) is 32.3 Å². The summed E-state index contributed by atoms with van der Waals surface area (Å²) in [6.07, 6.45) is 1.06. The molecular weight excluding hydrogens is 242 g/mol. The zero-order chi connectivity index (χ0) is 10.1. The molecule has 2 rings (SSSR count). The van der Waals surface area contributed by atoms with E-state index in [-0.39, 0.29) is 12.6 Å². The molecule has 1 aromatic carbocycles. The van der Waals surface area contributed by atoms with Gasteiger partial charge in [0.05, 0.1) is 12.6 Å². The van der Waals surface area contributed by atoms with Gasteiger partial charge in [0.15, 0.2) is 0 Å². The van der Waals surface area contributed by atoms with Gasteiger partial charge in [0.1, 0.15) is 0 Å². The van der Waals surface area contributed by atoms with E-state index in [1.807, 2.05) is 0 Å². The summed E-state index contributed by atoms with van der Waals surface area (Å²) in [6, 6.07) is 6.46. The predicted octanol–water partition coefficient (Wildman–Crippen LogP) is 2.73. The third-order valence-corrected chi connectivity index (χ3v) is 3.37. The van der Waals surface area contributed by atoms with Crippen molar-refractivity contribution in [3.8, 4) is 0 Å². The molecule has 1 aliphatic rings. The van der Waals surface area contributed by atoms with Crippen molar-refractivity contribution in [2.24, 2.45) is 0 Å². The fourth-order valence-electron chi connectivity index (χ4n) is 2.17. The number of halogens is 1. The third-order valence-electron chi connectivity index (χ3n) is 2.88. The van der Waals surface area contributed by atoms with Crippen molar-refractivity contribution >= 4 is 21.6 Å². The summed E-state index contributed by atoms with van der Waals surface area (Å²) in [5.41, 5.74) is 2.49. The van der Waals surface area contributed by atoms with Crippen molar-refractivity contribution in [1.29, 1.82) is 0 Å². The normalized spacial score (nSPS) is 24.5. The third kappa shape index (κ3) is 1.55. The van der Waals surface area contributed by atoms with Gasteiger partial charge in [0, 0.05) is 16.1 Å². The lowest BCUT2D eigenvalue weighted by Gasteiger charge is -2.15. The first-order chi connectivity index (χ1) is 6.76. The zero-order valence-corrected chi connectivity index (χ0v) is 9.71. The Morgan fingerprint density at radius 3 is 2.93 bits per heavy atom. The highest BCUT2D eigenvalue weighted by atomic mass is 79.9. The predicted molar refractivity (Wildman–Crippen MR) is 61.7 cm³/mol. The smallest absolute Gasteiger partial charge is 0.0638 e. The van der Waals surface area contributed by atoms with Crippen LogP contribution in [0.15, 0.2) is 22.7 Å². The van der Waals surface area contributed by atoms with E-state index in [2.05, 4.69) is 46.4 Å². The summed E-state index contributed by atoms with van der Waals surface area (Å²) in [7, 11) is 0. The van der Waals surface area contributed by atoms with Crippen molar-refractivity contribution in [1.82, 2.24) is 0 Å². The van der Waals surface area contributed by atoms with Gasteiger partial charge in [-0.3, -0.25) is 0 Å². The highest BCUT2D eigenvalue weighted by Crippen LogP contribution is 2.38. The standard InChI is InChI=1S/C11H14BrNO/c1-2-8-9-4-3-7(12)5-10(9)13-11(8)6-14/h3-5,8,11,13-14H,2,6H2,1H3. The molecular formula is C11H14BrNO. The van der Waals surface area contributed by atoms with Crippen LogP contribution in [0.25, 0.3) is 0 Å². The number of anilines is 1. The summed E-state index contributed by atoms with van der Waals surface area (Å²) in [4.78, 5) is 0. The summed E-state index contributed by atoms with van der Waals surface area (Å²) in [5, 5.41) is 12.6. The van der Waals surface area contributed by atoms with Gasteiger partial charge in [0.25, 0.3) is 0 Å². The van der Waals surface area contributed by atoms with E-state index in [4.69, 9.17) is 0 Å². The SMILES string of the molecule is CCC1c2ccc(Br)cc2NC1CO. The molecule has 3 heteroatoms. The molecule has 0 amide bonds. The lowest BCUT2D eigenvalue weighted by Crippen LogP contribution is -2.24. The molecule has 1 aromatic rings. The van der Waals surface area contributed by atoms with Crippen LogP contribution in [-0.2, 0) is 0 Å². The molecule has 14 heavy (non-hydrogen) atoms. The molecule has 0 aliphatic carbocycles. The van der Waals surface area contributed by atoms with Crippen molar-refractivity contribution in [2.75, 3.05) is 11.9 Å². The lowest BCUT2D eigenvalue weighted by atomic mass is 9.93. The van der Waals surface area contributed by atoms with E-state index < -0.39 is 0 Å². The van der Waals surface area contributed by atoms with E-state index in [1.54, 1.807) is 0 Å². The summed E-state index contributed by atoms with van der Waals surface area (Å²) in [6.45, 7) is 2.36. The molecule has 2 unspecified atom stereocenters. The number of rotatable bonds is 2. The lowest BCUT2D eigenvalue weighted by molar-refractivity contribution is 0.261. The van der Waals surface area contributed by atoms with Gasteiger partial charge in [-0.05, 0) is 24.1 Å². The average molecular weight is 256 g/mol. The Kier molecular flexibility index (Phi) is 2.79. The Hall–Kier alpha value is -0.540. The van der Waals surface area contributed by atoms with Crippen molar-refractivity contribution in [3.63, 3.8) is 0 Å². The van der Waals surface area contributed by atoms with Gasteiger partial charge in [-0.25, -0.2) is 0 Å². The van der Waals surface area contributed by atoms with E-state index in [1.165, 1.54) is 5.56 Å². The van der Waals surface area contributed by atoms with Crippen LogP contribution in [0.5, 0.6) is 0 Å². The van der Waals surface area contributed by atoms with Crippen LogP contribution >= 0.6 is 15.9 Å². The van der Waals surface area contributed by atoms with E-state index in [0.29, 0.717) is 5.92 Å². The monoisotopic (exact) mass is 255 g/mol. The Balaban J connectivity index is 2.37. The molecule has 0 bridgehead atoms. The zero-order valence-electron chi connectivity index (χ0n) is 8.13. The minimum atomic E-state index is 0.185. The number of fused-ring (bicyclic) bond motifs is 1. The van der Waals surface area contributed by atoms with Gasteiger partial charge in [-0.2, -0.15) is 0 Å². The maximum Gasteiger partial charge on any atom is 0.0638 e. The molecule has 2 atom stereocenters. The number of hydrogen-bond acceptors (Lipinski definition) is 2. The highest BCUT2D eigenvalue weighted by molar-refractivity contribution is 9.10. The Morgan fingerprint density at radius 1 is 1.50 bits per heavy atom. The molecule has 1 heterocycles.